The van der Waals surface area contributed by atoms with Gasteiger partial charge in [-0.3, -0.25) is 0 Å². The second-order valence-electron chi connectivity index (χ2n) is 14.1. The van der Waals surface area contributed by atoms with Crippen LogP contribution in [-0.2, 0) is 0 Å². The van der Waals surface area contributed by atoms with Gasteiger partial charge in [-0.2, -0.15) is 0 Å². The monoisotopic (exact) mass is 735 g/mol. The first-order chi connectivity index (χ1) is 27.7. The molecular weight excluding hydrogens is 703 g/mol. The van der Waals surface area contributed by atoms with Crippen LogP contribution in [-0.4, -0.2) is 0 Å². The smallest absolute Gasteiger partial charge is 0.143 e. The molecule has 0 spiro atoms. The zero-order chi connectivity index (χ0) is 37.2. The van der Waals surface area contributed by atoms with Crippen molar-refractivity contribution in [1.29, 1.82) is 0 Å². The van der Waals surface area contributed by atoms with E-state index in [9.17, 15) is 0 Å². The average molecular weight is 736 g/mol. The van der Waals surface area contributed by atoms with Gasteiger partial charge >= 0.3 is 0 Å². The molecule has 0 unspecified atom stereocenters. The summed E-state index contributed by atoms with van der Waals surface area (Å²) in [6, 6.07) is 62.4. The molecule has 0 radical (unpaired) electrons. The number of rotatable bonds is 7. The van der Waals surface area contributed by atoms with E-state index in [1.807, 2.05) is 41.7 Å². The van der Waals surface area contributed by atoms with E-state index < -0.39 is 0 Å². The molecule has 264 valence electrons. The van der Waals surface area contributed by atoms with Crippen molar-refractivity contribution >= 4 is 97.8 Å². The summed E-state index contributed by atoms with van der Waals surface area (Å²) in [5.41, 5.74) is 10.0. The number of hydrogen-bond acceptors (Lipinski definition) is 4. The zero-order valence-corrected chi connectivity index (χ0v) is 31.1. The second kappa shape index (κ2) is 13.0. The lowest BCUT2D eigenvalue weighted by molar-refractivity contribution is 0.600. The van der Waals surface area contributed by atoms with Crippen molar-refractivity contribution in [3.8, 4) is 11.1 Å². The first kappa shape index (κ1) is 32.3. The molecule has 0 saturated heterocycles. The lowest BCUT2D eigenvalue weighted by Gasteiger charge is -2.28. The highest BCUT2D eigenvalue weighted by atomic mass is 32.1. The molecule has 3 heterocycles. The summed E-state index contributed by atoms with van der Waals surface area (Å²) < 4.78 is 15.7. The van der Waals surface area contributed by atoms with Gasteiger partial charge in [0, 0.05) is 59.4 Å². The van der Waals surface area contributed by atoms with Crippen LogP contribution in [0.15, 0.2) is 203 Å². The van der Waals surface area contributed by atoms with E-state index in [1.54, 1.807) is 0 Å². The Balaban J connectivity index is 1.13. The fourth-order valence-corrected chi connectivity index (χ4v) is 9.50. The van der Waals surface area contributed by atoms with Crippen LogP contribution in [0.1, 0.15) is 11.3 Å². The Kier molecular flexibility index (Phi) is 7.51. The molecule has 0 amide bonds. The summed E-state index contributed by atoms with van der Waals surface area (Å²) in [7, 11) is 0. The third kappa shape index (κ3) is 5.11. The minimum Gasteiger partial charge on any atom is -0.456 e. The number of furan rings is 2. The molecule has 0 fully saturated rings. The number of benzene rings is 8. The number of hydrogen-bond donors (Lipinski definition) is 0. The molecule has 3 aromatic heterocycles. The van der Waals surface area contributed by atoms with Crippen LogP contribution in [0.25, 0.3) is 80.6 Å². The van der Waals surface area contributed by atoms with Gasteiger partial charge in [-0.25, -0.2) is 0 Å². The van der Waals surface area contributed by atoms with Crippen molar-refractivity contribution in [2.45, 2.75) is 0 Å². The van der Waals surface area contributed by atoms with Crippen molar-refractivity contribution in [3.63, 3.8) is 0 Å². The number of nitrogens with zero attached hydrogens (tertiary/aromatic N) is 1. The van der Waals surface area contributed by atoms with Crippen LogP contribution in [0.4, 0.5) is 17.1 Å². The molecule has 0 aliphatic carbocycles. The van der Waals surface area contributed by atoms with Crippen LogP contribution in [0, 0.1) is 0 Å². The number of allylic oxidation sites excluding steroid dienone is 2. The summed E-state index contributed by atoms with van der Waals surface area (Å²) in [4.78, 5) is 2.41. The lowest BCUT2D eigenvalue weighted by Crippen LogP contribution is -2.11. The SMILES string of the molecule is C=C/C=C(/c1ccc(N(c2ccccc2-c2cccc3c2oc2c4ccccc4ccc32)c2cccc3c2sc2ccccc23)cc1)c1cc2ccccc2o1. The predicted molar refractivity (Wildman–Crippen MR) is 238 cm³/mol. The molecule has 0 atom stereocenters. The summed E-state index contributed by atoms with van der Waals surface area (Å²) >= 11 is 1.84. The summed E-state index contributed by atoms with van der Waals surface area (Å²) in [6.45, 7) is 4.03. The van der Waals surface area contributed by atoms with Crippen molar-refractivity contribution in [2.75, 3.05) is 4.90 Å². The van der Waals surface area contributed by atoms with Gasteiger partial charge in [-0.1, -0.05) is 146 Å². The first-order valence-electron chi connectivity index (χ1n) is 18.8. The van der Waals surface area contributed by atoms with Crippen LogP contribution in [0.3, 0.4) is 0 Å². The number of anilines is 3. The highest BCUT2D eigenvalue weighted by Crippen LogP contribution is 2.49. The third-order valence-electron chi connectivity index (χ3n) is 10.9. The fraction of sp³-hybridized carbons (Fsp3) is 0. The summed E-state index contributed by atoms with van der Waals surface area (Å²) in [5, 5.41) is 8.09. The van der Waals surface area contributed by atoms with E-state index in [0.717, 1.165) is 83.4 Å². The Morgan fingerprint density at radius 1 is 0.518 bits per heavy atom. The topological polar surface area (TPSA) is 29.5 Å². The highest BCUT2D eigenvalue weighted by molar-refractivity contribution is 7.26. The van der Waals surface area contributed by atoms with E-state index >= 15 is 0 Å². The molecule has 8 aromatic carbocycles. The standard InChI is InChI=1S/C52H33NO2S/c1-2-13-37(48-32-35-15-4-9-24-47(35)54-48)34-26-29-36(30-27-34)53(46-23-12-21-44-40-18-7-10-25-49(40)56-52(44)46)45-22-8-6-17-39(45)41-19-11-20-42-43-31-28-33-14-3-5-16-38(33)50(43)55-51(41)42/h2-32H,1H2/b37-13-. The van der Waals surface area contributed by atoms with Gasteiger partial charge in [0.1, 0.15) is 22.5 Å². The van der Waals surface area contributed by atoms with E-state index in [2.05, 4.69) is 169 Å². The van der Waals surface area contributed by atoms with Crippen molar-refractivity contribution in [1.82, 2.24) is 0 Å². The summed E-state index contributed by atoms with van der Waals surface area (Å²) in [6.07, 6.45) is 3.84. The number of fused-ring (bicyclic) bond motifs is 9. The Labute approximate surface area is 327 Å². The van der Waals surface area contributed by atoms with Gasteiger partial charge in [0.25, 0.3) is 0 Å². The van der Waals surface area contributed by atoms with Crippen molar-refractivity contribution in [2.24, 2.45) is 0 Å². The fourth-order valence-electron chi connectivity index (χ4n) is 8.29. The Morgan fingerprint density at radius 3 is 2.07 bits per heavy atom. The maximum absolute atomic E-state index is 6.90. The molecule has 0 saturated carbocycles. The maximum atomic E-state index is 6.90. The van der Waals surface area contributed by atoms with E-state index in [0.29, 0.717) is 0 Å². The molecule has 11 rings (SSSR count). The molecule has 4 heteroatoms. The van der Waals surface area contributed by atoms with Crippen molar-refractivity contribution in [3.05, 3.63) is 206 Å². The maximum Gasteiger partial charge on any atom is 0.143 e. The van der Waals surface area contributed by atoms with Crippen LogP contribution in [0.2, 0.25) is 0 Å². The van der Waals surface area contributed by atoms with Gasteiger partial charge in [0.05, 0.1) is 16.1 Å². The first-order valence-corrected chi connectivity index (χ1v) is 19.6. The van der Waals surface area contributed by atoms with Crippen molar-refractivity contribution < 1.29 is 8.83 Å². The van der Waals surface area contributed by atoms with Gasteiger partial charge in [0.15, 0.2) is 0 Å². The van der Waals surface area contributed by atoms with E-state index in [1.165, 1.54) is 25.6 Å². The minimum atomic E-state index is 0.808. The lowest BCUT2D eigenvalue weighted by atomic mass is 9.98. The quantitative estimate of drug-likeness (QED) is 0.153. The van der Waals surface area contributed by atoms with E-state index in [-0.39, 0.29) is 0 Å². The molecule has 0 aliphatic heterocycles. The Morgan fingerprint density at radius 2 is 1.20 bits per heavy atom. The highest BCUT2D eigenvalue weighted by Gasteiger charge is 2.23. The van der Waals surface area contributed by atoms with Gasteiger partial charge in [-0.05, 0) is 59.5 Å². The minimum absolute atomic E-state index is 0.808. The van der Waals surface area contributed by atoms with Gasteiger partial charge in [-0.15, -0.1) is 11.3 Å². The Bertz CT molecular complexity index is 3310. The molecule has 0 N–H and O–H groups in total. The van der Waals surface area contributed by atoms with Crippen LogP contribution < -0.4 is 4.90 Å². The molecule has 11 aromatic rings. The summed E-state index contributed by atoms with van der Waals surface area (Å²) in [5.74, 6) is 0.808. The molecular formula is C52H33NO2S. The third-order valence-corrected chi connectivity index (χ3v) is 12.1. The largest absolute Gasteiger partial charge is 0.456 e. The normalized spacial score (nSPS) is 12.1. The molecule has 56 heavy (non-hydrogen) atoms. The van der Waals surface area contributed by atoms with Crippen LogP contribution in [0.5, 0.6) is 0 Å². The molecule has 3 nitrogen and oxygen atoms in total. The molecule has 0 aliphatic rings. The Hall–Kier alpha value is -7.14. The average Bonchev–Trinajstić information content (AvgIpc) is 3.97. The molecule has 0 bridgehead atoms. The van der Waals surface area contributed by atoms with Crippen LogP contribution >= 0.6 is 11.3 Å². The predicted octanol–water partition coefficient (Wildman–Crippen LogP) is 15.6. The van der Waals surface area contributed by atoms with E-state index in [4.69, 9.17) is 8.83 Å². The van der Waals surface area contributed by atoms with Gasteiger partial charge in [0.2, 0.25) is 0 Å². The zero-order valence-electron chi connectivity index (χ0n) is 30.3. The van der Waals surface area contributed by atoms with Gasteiger partial charge < -0.3 is 13.7 Å². The number of para-hydroxylation sites is 3. The second-order valence-corrected chi connectivity index (χ2v) is 15.1. The number of thiophene rings is 1.